The standard InChI is InChI=1S/C11H8ClNO2/c1-7-3-2-4-8(12)11(7)13-9(14)5-6-10(13)15/h2-6H,1H3. The number of carbonyl (C=O) groups is 2. The van der Waals surface area contributed by atoms with Crippen molar-refractivity contribution in [3.8, 4) is 0 Å². The Morgan fingerprint density at radius 1 is 1.13 bits per heavy atom. The molecule has 0 N–H and O–H groups in total. The first-order chi connectivity index (χ1) is 7.11. The van der Waals surface area contributed by atoms with Crippen molar-refractivity contribution in [2.75, 3.05) is 4.90 Å². The average molecular weight is 222 g/mol. The van der Waals surface area contributed by atoms with Crippen molar-refractivity contribution in [1.82, 2.24) is 0 Å². The lowest BCUT2D eigenvalue weighted by Crippen LogP contribution is -2.30. The Morgan fingerprint density at radius 2 is 1.73 bits per heavy atom. The highest BCUT2D eigenvalue weighted by molar-refractivity contribution is 6.37. The fraction of sp³-hybridized carbons (Fsp3) is 0.0909. The Bertz CT molecular complexity index is 441. The van der Waals surface area contributed by atoms with Gasteiger partial charge in [-0.1, -0.05) is 23.7 Å². The van der Waals surface area contributed by atoms with Gasteiger partial charge in [-0.3, -0.25) is 9.59 Å². The summed E-state index contributed by atoms with van der Waals surface area (Å²) in [5, 5.41) is 0.403. The summed E-state index contributed by atoms with van der Waals surface area (Å²) in [4.78, 5) is 24.0. The second kappa shape index (κ2) is 3.51. The number of hydrogen-bond acceptors (Lipinski definition) is 2. The topological polar surface area (TPSA) is 37.4 Å². The highest BCUT2D eigenvalue weighted by Gasteiger charge is 2.27. The molecule has 1 heterocycles. The number of para-hydroxylation sites is 1. The third-order valence-electron chi connectivity index (χ3n) is 2.22. The summed E-state index contributed by atoms with van der Waals surface area (Å²) >= 11 is 5.97. The van der Waals surface area contributed by atoms with Crippen LogP contribution in [0.15, 0.2) is 30.4 Å². The van der Waals surface area contributed by atoms with Gasteiger partial charge in [0.15, 0.2) is 0 Å². The maximum Gasteiger partial charge on any atom is 0.258 e. The minimum atomic E-state index is -0.351. The lowest BCUT2D eigenvalue weighted by atomic mass is 10.2. The summed E-state index contributed by atoms with van der Waals surface area (Å²) in [7, 11) is 0. The van der Waals surface area contributed by atoms with E-state index in [0.29, 0.717) is 10.7 Å². The average Bonchev–Trinajstić information content (AvgIpc) is 2.49. The van der Waals surface area contributed by atoms with Crippen molar-refractivity contribution in [3.05, 3.63) is 40.9 Å². The lowest BCUT2D eigenvalue weighted by molar-refractivity contribution is -0.119. The van der Waals surface area contributed by atoms with E-state index in [0.717, 1.165) is 10.5 Å². The molecular weight excluding hydrogens is 214 g/mol. The maximum absolute atomic E-state index is 11.4. The first-order valence-corrected chi connectivity index (χ1v) is 4.80. The second-order valence-corrected chi connectivity index (χ2v) is 3.66. The van der Waals surface area contributed by atoms with Gasteiger partial charge in [0.25, 0.3) is 11.8 Å². The molecule has 0 spiro atoms. The Balaban J connectivity index is 2.55. The van der Waals surface area contributed by atoms with E-state index in [2.05, 4.69) is 0 Å². The second-order valence-electron chi connectivity index (χ2n) is 3.25. The highest BCUT2D eigenvalue weighted by atomic mass is 35.5. The predicted molar refractivity (Wildman–Crippen MR) is 57.8 cm³/mol. The van der Waals surface area contributed by atoms with E-state index in [-0.39, 0.29) is 11.8 Å². The quantitative estimate of drug-likeness (QED) is 0.681. The van der Waals surface area contributed by atoms with Crippen molar-refractivity contribution < 1.29 is 9.59 Å². The molecule has 0 fully saturated rings. The fourth-order valence-electron chi connectivity index (χ4n) is 1.53. The summed E-state index contributed by atoms with van der Waals surface area (Å²) in [6.07, 6.45) is 2.48. The molecule has 0 saturated carbocycles. The number of aryl methyl sites for hydroxylation is 1. The van der Waals surface area contributed by atoms with Crippen LogP contribution in [-0.2, 0) is 9.59 Å². The Labute approximate surface area is 91.9 Å². The molecular formula is C11H8ClNO2. The van der Waals surface area contributed by atoms with Crippen molar-refractivity contribution >= 4 is 29.1 Å². The molecule has 0 unspecified atom stereocenters. The molecule has 0 radical (unpaired) electrons. The molecule has 15 heavy (non-hydrogen) atoms. The fourth-order valence-corrected chi connectivity index (χ4v) is 1.83. The van der Waals surface area contributed by atoms with Crippen LogP contribution in [0, 0.1) is 6.92 Å². The smallest absolute Gasteiger partial charge is 0.258 e. The zero-order valence-electron chi connectivity index (χ0n) is 8.03. The molecule has 4 heteroatoms. The van der Waals surface area contributed by atoms with Gasteiger partial charge in [0.05, 0.1) is 10.7 Å². The van der Waals surface area contributed by atoms with Gasteiger partial charge in [0.2, 0.25) is 0 Å². The molecule has 2 rings (SSSR count). The first-order valence-electron chi connectivity index (χ1n) is 4.42. The predicted octanol–water partition coefficient (Wildman–Crippen LogP) is 2.08. The minimum absolute atomic E-state index is 0.351. The van der Waals surface area contributed by atoms with Crippen molar-refractivity contribution in [1.29, 1.82) is 0 Å². The number of nitrogens with zero attached hydrogens (tertiary/aromatic N) is 1. The van der Waals surface area contributed by atoms with Crippen LogP contribution < -0.4 is 4.90 Å². The Kier molecular flexibility index (Phi) is 2.32. The largest absolute Gasteiger partial charge is 0.269 e. The molecule has 1 aliphatic heterocycles. The maximum atomic E-state index is 11.4. The van der Waals surface area contributed by atoms with E-state index in [1.54, 1.807) is 25.1 Å². The Hall–Kier alpha value is -1.61. The zero-order chi connectivity index (χ0) is 11.0. The molecule has 2 amide bonds. The number of halogens is 1. The number of rotatable bonds is 1. The van der Waals surface area contributed by atoms with E-state index in [1.807, 2.05) is 0 Å². The van der Waals surface area contributed by atoms with Crippen LogP contribution in [-0.4, -0.2) is 11.8 Å². The summed E-state index contributed by atoms with van der Waals surface area (Å²) in [5.41, 5.74) is 1.27. The van der Waals surface area contributed by atoms with E-state index in [1.165, 1.54) is 12.2 Å². The minimum Gasteiger partial charge on any atom is -0.269 e. The molecule has 76 valence electrons. The van der Waals surface area contributed by atoms with E-state index in [9.17, 15) is 9.59 Å². The molecule has 0 saturated heterocycles. The van der Waals surface area contributed by atoms with Gasteiger partial charge in [0, 0.05) is 12.2 Å². The molecule has 0 atom stereocenters. The number of amides is 2. The lowest BCUT2D eigenvalue weighted by Gasteiger charge is -2.17. The molecule has 3 nitrogen and oxygen atoms in total. The SMILES string of the molecule is Cc1cccc(Cl)c1N1C(=O)C=CC1=O. The molecule has 1 aromatic rings. The van der Waals surface area contributed by atoms with E-state index < -0.39 is 0 Å². The summed E-state index contributed by atoms with van der Waals surface area (Å²) in [6.45, 7) is 1.81. The molecule has 0 aromatic heterocycles. The summed E-state index contributed by atoms with van der Waals surface area (Å²) in [5.74, 6) is -0.701. The zero-order valence-corrected chi connectivity index (χ0v) is 8.78. The van der Waals surface area contributed by atoms with Gasteiger partial charge in [-0.15, -0.1) is 0 Å². The number of anilines is 1. The van der Waals surface area contributed by atoms with E-state index in [4.69, 9.17) is 11.6 Å². The van der Waals surface area contributed by atoms with Crippen molar-refractivity contribution in [2.24, 2.45) is 0 Å². The van der Waals surface area contributed by atoms with Crippen LogP contribution >= 0.6 is 11.6 Å². The third-order valence-corrected chi connectivity index (χ3v) is 2.53. The first kappa shape index (κ1) is 9.93. The van der Waals surface area contributed by atoms with E-state index >= 15 is 0 Å². The molecule has 0 bridgehead atoms. The summed E-state index contributed by atoms with van der Waals surface area (Å²) < 4.78 is 0. The molecule has 1 aromatic carbocycles. The number of hydrogen-bond donors (Lipinski definition) is 0. The number of carbonyl (C=O) groups excluding carboxylic acids is 2. The van der Waals surface area contributed by atoms with Crippen LogP contribution in [0.2, 0.25) is 5.02 Å². The van der Waals surface area contributed by atoms with Crippen LogP contribution in [0.25, 0.3) is 0 Å². The van der Waals surface area contributed by atoms with Crippen LogP contribution in [0.5, 0.6) is 0 Å². The molecule has 0 aliphatic carbocycles. The van der Waals surface area contributed by atoms with Gasteiger partial charge in [-0.25, -0.2) is 4.90 Å². The highest BCUT2D eigenvalue weighted by Crippen LogP contribution is 2.31. The van der Waals surface area contributed by atoms with Gasteiger partial charge in [-0.05, 0) is 18.6 Å². The van der Waals surface area contributed by atoms with Crippen LogP contribution in [0.3, 0.4) is 0 Å². The normalized spacial score (nSPS) is 15.2. The monoisotopic (exact) mass is 221 g/mol. The van der Waals surface area contributed by atoms with Gasteiger partial charge < -0.3 is 0 Å². The van der Waals surface area contributed by atoms with Crippen LogP contribution in [0.1, 0.15) is 5.56 Å². The van der Waals surface area contributed by atoms with Crippen molar-refractivity contribution in [3.63, 3.8) is 0 Å². The van der Waals surface area contributed by atoms with Gasteiger partial charge in [0.1, 0.15) is 0 Å². The van der Waals surface area contributed by atoms with Gasteiger partial charge in [-0.2, -0.15) is 0 Å². The Morgan fingerprint density at radius 3 is 2.27 bits per heavy atom. The number of benzene rings is 1. The van der Waals surface area contributed by atoms with Gasteiger partial charge >= 0.3 is 0 Å². The number of imide groups is 1. The third kappa shape index (κ3) is 1.55. The van der Waals surface area contributed by atoms with Crippen LogP contribution in [0.4, 0.5) is 5.69 Å². The van der Waals surface area contributed by atoms with Crippen molar-refractivity contribution in [2.45, 2.75) is 6.92 Å². The summed E-state index contributed by atoms with van der Waals surface area (Å²) in [6, 6.07) is 5.24. The molecule has 1 aliphatic rings.